The van der Waals surface area contributed by atoms with E-state index >= 15 is 0 Å². The molecular weight excluding hydrogens is 162 g/mol. The predicted octanol–water partition coefficient (Wildman–Crippen LogP) is 2.14. The summed E-state index contributed by atoms with van der Waals surface area (Å²) in [4.78, 5) is 2.48. The highest BCUT2D eigenvalue weighted by Gasteiger charge is 2.29. The van der Waals surface area contributed by atoms with Gasteiger partial charge in [-0.25, -0.2) is 0 Å². The second-order valence-corrected chi connectivity index (χ2v) is 5.34. The van der Waals surface area contributed by atoms with E-state index in [1.165, 1.54) is 13.1 Å². The van der Waals surface area contributed by atoms with E-state index in [0.29, 0.717) is 6.04 Å². The molecule has 0 N–H and O–H groups in total. The molecule has 1 aliphatic heterocycles. The van der Waals surface area contributed by atoms with Crippen molar-refractivity contribution < 1.29 is 4.74 Å². The summed E-state index contributed by atoms with van der Waals surface area (Å²) >= 11 is 0. The number of nitrogens with zero attached hydrogens (tertiary/aromatic N) is 1. The Kier molecular flexibility index (Phi) is 3.36. The maximum absolute atomic E-state index is 5.73. The van der Waals surface area contributed by atoms with Crippen LogP contribution in [0.25, 0.3) is 0 Å². The fourth-order valence-electron chi connectivity index (χ4n) is 1.50. The van der Waals surface area contributed by atoms with Crippen LogP contribution in [0.5, 0.6) is 0 Å². The van der Waals surface area contributed by atoms with Gasteiger partial charge in [0.25, 0.3) is 0 Å². The van der Waals surface area contributed by atoms with E-state index in [-0.39, 0.29) is 5.60 Å². The van der Waals surface area contributed by atoms with Gasteiger partial charge in [-0.15, -0.1) is 0 Å². The molecule has 1 saturated heterocycles. The number of hydrogen-bond acceptors (Lipinski definition) is 2. The zero-order valence-electron chi connectivity index (χ0n) is 9.63. The van der Waals surface area contributed by atoms with Gasteiger partial charge in [-0.1, -0.05) is 0 Å². The summed E-state index contributed by atoms with van der Waals surface area (Å²) in [6.45, 7) is 14.2. The first-order valence-electron chi connectivity index (χ1n) is 5.26. The van der Waals surface area contributed by atoms with Gasteiger partial charge in [0.1, 0.15) is 0 Å². The highest BCUT2D eigenvalue weighted by atomic mass is 16.5. The van der Waals surface area contributed by atoms with E-state index in [1.807, 2.05) is 0 Å². The summed E-state index contributed by atoms with van der Waals surface area (Å²) in [5.74, 6) is 0.765. The van der Waals surface area contributed by atoms with Crippen LogP contribution in [0.1, 0.15) is 34.6 Å². The Balaban J connectivity index is 2.09. The van der Waals surface area contributed by atoms with E-state index in [0.717, 1.165) is 12.5 Å². The van der Waals surface area contributed by atoms with Crippen molar-refractivity contribution in [2.24, 2.45) is 5.92 Å². The lowest BCUT2D eigenvalue weighted by molar-refractivity contribution is -0.0622. The van der Waals surface area contributed by atoms with E-state index in [1.54, 1.807) is 0 Å². The highest BCUT2D eigenvalue weighted by Crippen LogP contribution is 2.20. The summed E-state index contributed by atoms with van der Waals surface area (Å²) in [5, 5.41) is 0. The summed E-state index contributed by atoms with van der Waals surface area (Å²) in [6.07, 6.45) is 0. The average molecular weight is 185 g/mol. The smallest absolute Gasteiger partial charge is 0.0598 e. The van der Waals surface area contributed by atoms with Crippen LogP contribution in [0, 0.1) is 5.92 Å². The van der Waals surface area contributed by atoms with E-state index in [9.17, 15) is 0 Å². The van der Waals surface area contributed by atoms with Gasteiger partial charge in [-0.3, -0.25) is 0 Å². The predicted molar refractivity (Wildman–Crippen MR) is 55.9 cm³/mol. The molecule has 13 heavy (non-hydrogen) atoms. The molecule has 1 aliphatic rings. The number of hydrogen-bond donors (Lipinski definition) is 0. The Hall–Kier alpha value is -0.0800. The van der Waals surface area contributed by atoms with Crippen LogP contribution in [0.15, 0.2) is 0 Å². The van der Waals surface area contributed by atoms with Crippen molar-refractivity contribution in [2.75, 3.05) is 19.7 Å². The van der Waals surface area contributed by atoms with Crippen molar-refractivity contribution in [3.8, 4) is 0 Å². The molecule has 0 bridgehead atoms. The standard InChI is InChI=1S/C11H23NO/c1-9(2)12-6-10(7-12)8-13-11(3,4)5/h9-10H,6-8H2,1-5H3. The molecule has 0 amide bonds. The first kappa shape index (κ1) is 11.0. The molecular formula is C11H23NO. The molecule has 0 aromatic heterocycles. The SMILES string of the molecule is CC(C)N1CC(COC(C)(C)C)C1. The number of rotatable bonds is 3. The fraction of sp³-hybridized carbons (Fsp3) is 1.00. The van der Waals surface area contributed by atoms with E-state index in [2.05, 4.69) is 39.5 Å². The lowest BCUT2D eigenvalue weighted by atomic mass is 9.99. The maximum Gasteiger partial charge on any atom is 0.0598 e. The van der Waals surface area contributed by atoms with Crippen LogP contribution in [-0.4, -0.2) is 36.2 Å². The van der Waals surface area contributed by atoms with Crippen molar-refractivity contribution in [2.45, 2.75) is 46.3 Å². The number of likely N-dealkylation sites (tertiary alicyclic amines) is 1. The van der Waals surface area contributed by atoms with E-state index in [4.69, 9.17) is 4.74 Å². The fourth-order valence-corrected chi connectivity index (χ4v) is 1.50. The molecule has 2 nitrogen and oxygen atoms in total. The molecule has 0 spiro atoms. The first-order valence-corrected chi connectivity index (χ1v) is 5.26. The van der Waals surface area contributed by atoms with Crippen LogP contribution >= 0.6 is 0 Å². The van der Waals surface area contributed by atoms with Gasteiger partial charge in [0.05, 0.1) is 12.2 Å². The molecule has 0 atom stereocenters. The van der Waals surface area contributed by atoms with Crippen molar-refractivity contribution in [3.63, 3.8) is 0 Å². The molecule has 0 radical (unpaired) electrons. The Morgan fingerprint density at radius 2 is 1.85 bits per heavy atom. The monoisotopic (exact) mass is 185 g/mol. The Labute approximate surface area is 82.3 Å². The molecule has 0 aromatic carbocycles. The van der Waals surface area contributed by atoms with Gasteiger partial charge in [-0.2, -0.15) is 0 Å². The average Bonchev–Trinajstić information content (AvgIpc) is 1.79. The Morgan fingerprint density at radius 3 is 2.23 bits per heavy atom. The summed E-state index contributed by atoms with van der Waals surface area (Å²) in [5.41, 5.74) is 0.0260. The first-order chi connectivity index (χ1) is 5.88. The molecule has 2 heteroatoms. The van der Waals surface area contributed by atoms with Gasteiger partial charge in [-0.05, 0) is 34.6 Å². The van der Waals surface area contributed by atoms with Crippen LogP contribution in [-0.2, 0) is 4.74 Å². The summed E-state index contributed by atoms with van der Waals surface area (Å²) in [6, 6.07) is 0.700. The van der Waals surface area contributed by atoms with Gasteiger partial charge in [0, 0.05) is 25.0 Å². The lowest BCUT2D eigenvalue weighted by Crippen LogP contribution is -2.52. The van der Waals surface area contributed by atoms with Gasteiger partial charge < -0.3 is 9.64 Å². The van der Waals surface area contributed by atoms with Gasteiger partial charge in [0.15, 0.2) is 0 Å². The Morgan fingerprint density at radius 1 is 1.31 bits per heavy atom. The summed E-state index contributed by atoms with van der Waals surface area (Å²) in [7, 11) is 0. The zero-order chi connectivity index (χ0) is 10.1. The summed E-state index contributed by atoms with van der Waals surface area (Å²) < 4.78 is 5.73. The minimum atomic E-state index is 0.0260. The molecule has 0 aliphatic carbocycles. The lowest BCUT2D eigenvalue weighted by Gasteiger charge is -2.42. The van der Waals surface area contributed by atoms with Crippen molar-refractivity contribution >= 4 is 0 Å². The van der Waals surface area contributed by atoms with Crippen molar-refractivity contribution in [1.29, 1.82) is 0 Å². The van der Waals surface area contributed by atoms with Crippen molar-refractivity contribution in [3.05, 3.63) is 0 Å². The second-order valence-electron chi connectivity index (χ2n) is 5.34. The maximum atomic E-state index is 5.73. The highest BCUT2D eigenvalue weighted by molar-refractivity contribution is 4.82. The largest absolute Gasteiger partial charge is 0.375 e. The van der Waals surface area contributed by atoms with Crippen LogP contribution in [0.2, 0.25) is 0 Å². The van der Waals surface area contributed by atoms with Gasteiger partial charge in [0.2, 0.25) is 0 Å². The minimum absolute atomic E-state index is 0.0260. The third kappa shape index (κ3) is 3.65. The molecule has 1 heterocycles. The third-order valence-corrected chi connectivity index (χ3v) is 2.47. The quantitative estimate of drug-likeness (QED) is 0.668. The topological polar surface area (TPSA) is 12.5 Å². The van der Waals surface area contributed by atoms with Crippen LogP contribution in [0.3, 0.4) is 0 Å². The molecule has 78 valence electrons. The Bertz CT molecular complexity index is 154. The van der Waals surface area contributed by atoms with Gasteiger partial charge >= 0.3 is 0 Å². The van der Waals surface area contributed by atoms with E-state index < -0.39 is 0 Å². The van der Waals surface area contributed by atoms with Crippen molar-refractivity contribution in [1.82, 2.24) is 4.90 Å². The normalized spacial score (nSPS) is 20.8. The molecule has 0 unspecified atom stereocenters. The molecule has 1 rings (SSSR count). The van der Waals surface area contributed by atoms with Crippen LogP contribution < -0.4 is 0 Å². The molecule has 0 saturated carbocycles. The minimum Gasteiger partial charge on any atom is -0.375 e. The zero-order valence-corrected chi connectivity index (χ0v) is 9.63. The molecule has 1 fully saturated rings. The molecule has 0 aromatic rings. The van der Waals surface area contributed by atoms with Crippen LogP contribution in [0.4, 0.5) is 0 Å². The second kappa shape index (κ2) is 3.97. The third-order valence-electron chi connectivity index (χ3n) is 2.47. The number of ether oxygens (including phenoxy) is 1.